The summed E-state index contributed by atoms with van der Waals surface area (Å²) in [5.41, 5.74) is 5.68. The molecule has 0 rings (SSSR count). The number of ether oxygens (including phenoxy) is 1. The van der Waals surface area contributed by atoms with Crippen LogP contribution >= 0.6 is 0 Å². The van der Waals surface area contributed by atoms with Crippen LogP contribution < -0.4 is 5.73 Å². The van der Waals surface area contributed by atoms with Gasteiger partial charge in [0.05, 0.1) is 0 Å². The molecule has 0 aromatic carbocycles. The Morgan fingerprint density at radius 2 is 1.33 bits per heavy atom. The van der Waals surface area contributed by atoms with Gasteiger partial charge < -0.3 is 10.5 Å². The number of nitrogens with two attached hydrogens (primary N) is 1. The van der Waals surface area contributed by atoms with E-state index in [9.17, 15) is 9.59 Å². The van der Waals surface area contributed by atoms with Crippen molar-refractivity contribution in [3.63, 3.8) is 0 Å². The van der Waals surface area contributed by atoms with E-state index in [1.54, 1.807) is 0 Å². The van der Waals surface area contributed by atoms with Crippen LogP contribution in [0, 0.1) is 5.92 Å². The first kappa shape index (κ1) is 29.8. The first-order chi connectivity index (χ1) is 10.5. The third-order valence-electron chi connectivity index (χ3n) is 3.73. The van der Waals surface area contributed by atoms with Gasteiger partial charge in [-0.1, -0.05) is 72.1 Å². The Balaban J connectivity index is -0.00000220. The molecule has 0 aliphatic heterocycles. The molecule has 0 radical (unpaired) electrons. The van der Waals surface area contributed by atoms with Crippen LogP contribution in [-0.2, 0) is 14.3 Å². The summed E-state index contributed by atoms with van der Waals surface area (Å²) in [6.45, 7) is 6.19. The Morgan fingerprint density at radius 3 is 1.79 bits per heavy atom. The zero-order chi connectivity index (χ0) is 16.8. The SMILES string of the molecule is CCCCCCCCCCCC(=O)OC(=O)[C@@H](N)CC(C)C.[NaH].[NaH]. The van der Waals surface area contributed by atoms with Crippen molar-refractivity contribution in [3.05, 3.63) is 0 Å². The van der Waals surface area contributed by atoms with Crippen molar-refractivity contribution >= 4 is 71.1 Å². The van der Waals surface area contributed by atoms with E-state index < -0.39 is 18.0 Å². The summed E-state index contributed by atoms with van der Waals surface area (Å²) >= 11 is 0. The number of hydrogen-bond donors (Lipinski definition) is 1. The van der Waals surface area contributed by atoms with Gasteiger partial charge in [-0.25, -0.2) is 4.79 Å². The Bertz CT molecular complexity index is 313. The maximum atomic E-state index is 11.6. The Kier molecular flexibility index (Phi) is 25.4. The van der Waals surface area contributed by atoms with Gasteiger partial charge in [0, 0.05) is 6.42 Å². The molecule has 0 aliphatic rings. The first-order valence-electron chi connectivity index (χ1n) is 8.97. The van der Waals surface area contributed by atoms with Crippen LogP contribution in [0.1, 0.15) is 91.4 Å². The second kappa shape index (κ2) is 20.4. The molecule has 6 heteroatoms. The molecule has 0 saturated heterocycles. The van der Waals surface area contributed by atoms with Crippen LogP contribution in [0.5, 0.6) is 0 Å². The molecular formula is C18H37NNa2O3. The van der Waals surface area contributed by atoms with Crippen LogP contribution in [0.4, 0.5) is 0 Å². The molecule has 0 aliphatic carbocycles. The predicted molar refractivity (Wildman–Crippen MR) is 105 cm³/mol. The topological polar surface area (TPSA) is 69.4 Å². The van der Waals surface area contributed by atoms with Gasteiger partial charge in [-0.15, -0.1) is 0 Å². The summed E-state index contributed by atoms with van der Waals surface area (Å²) in [7, 11) is 0. The summed E-state index contributed by atoms with van der Waals surface area (Å²) in [5, 5.41) is 0. The van der Waals surface area contributed by atoms with Gasteiger partial charge >= 0.3 is 71.1 Å². The summed E-state index contributed by atoms with van der Waals surface area (Å²) in [5.74, 6) is -0.711. The molecule has 134 valence electrons. The molecule has 0 unspecified atom stereocenters. The minimum absolute atomic E-state index is 0. The molecule has 2 N–H and O–H groups in total. The third kappa shape index (κ3) is 19.4. The van der Waals surface area contributed by atoms with E-state index in [-0.39, 0.29) is 59.1 Å². The average molecular weight is 361 g/mol. The quantitative estimate of drug-likeness (QED) is 0.237. The molecule has 0 fully saturated rings. The van der Waals surface area contributed by atoms with E-state index in [0.29, 0.717) is 18.8 Å². The van der Waals surface area contributed by atoms with Gasteiger partial charge in [0.1, 0.15) is 6.04 Å². The van der Waals surface area contributed by atoms with E-state index in [2.05, 4.69) is 6.92 Å². The molecule has 0 aromatic rings. The van der Waals surface area contributed by atoms with Gasteiger partial charge in [0.2, 0.25) is 0 Å². The summed E-state index contributed by atoms with van der Waals surface area (Å²) in [6.07, 6.45) is 11.6. The average Bonchev–Trinajstić information content (AvgIpc) is 2.44. The first-order valence-corrected chi connectivity index (χ1v) is 8.97. The molecule has 0 amide bonds. The maximum absolute atomic E-state index is 11.6. The van der Waals surface area contributed by atoms with E-state index in [0.717, 1.165) is 19.3 Å². The fraction of sp³-hybridized carbons (Fsp3) is 0.889. The monoisotopic (exact) mass is 361 g/mol. The molecule has 0 bridgehead atoms. The number of carbonyl (C=O) groups excluding carboxylic acids is 2. The van der Waals surface area contributed by atoms with Gasteiger partial charge in [-0.2, -0.15) is 0 Å². The van der Waals surface area contributed by atoms with Crippen LogP contribution in [-0.4, -0.2) is 77.1 Å². The molecule has 0 aromatic heterocycles. The van der Waals surface area contributed by atoms with Crippen molar-refractivity contribution in [3.8, 4) is 0 Å². The van der Waals surface area contributed by atoms with Crippen LogP contribution in [0.15, 0.2) is 0 Å². The predicted octanol–water partition coefficient (Wildman–Crippen LogP) is 3.05. The van der Waals surface area contributed by atoms with Crippen molar-refractivity contribution in [2.75, 3.05) is 0 Å². The number of esters is 2. The number of carbonyl (C=O) groups is 2. The standard InChI is InChI=1S/C18H35NO3.2Na.2H/c1-4-5-6-7-8-9-10-11-12-13-17(20)22-18(21)16(19)14-15(2)3;;;;/h15-16H,4-14,19H2,1-3H3;;;;/t16-;;;;/m0..../s1. The van der Waals surface area contributed by atoms with Gasteiger partial charge in [-0.05, 0) is 18.8 Å². The summed E-state index contributed by atoms with van der Waals surface area (Å²) in [4.78, 5) is 23.1. The van der Waals surface area contributed by atoms with Crippen LogP contribution in [0.3, 0.4) is 0 Å². The zero-order valence-corrected chi connectivity index (χ0v) is 14.7. The summed E-state index contributed by atoms with van der Waals surface area (Å²) < 4.78 is 4.78. The number of hydrogen-bond acceptors (Lipinski definition) is 4. The number of unbranched alkanes of at least 4 members (excludes halogenated alkanes) is 8. The molecule has 24 heavy (non-hydrogen) atoms. The molecular weight excluding hydrogens is 324 g/mol. The Hall–Kier alpha value is 1.10. The van der Waals surface area contributed by atoms with E-state index in [1.165, 1.54) is 38.5 Å². The van der Waals surface area contributed by atoms with Gasteiger partial charge in [0.25, 0.3) is 0 Å². The molecule has 0 spiro atoms. The molecule has 4 nitrogen and oxygen atoms in total. The van der Waals surface area contributed by atoms with Crippen molar-refractivity contribution in [1.82, 2.24) is 0 Å². The normalized spacial score (nSPS) is 11.4. The fourth-order valence-electron chi connectivity index (χ4n) is 2.42. The minimum atomic E-state index is -0.688. The zero-order valence-electron chi connectivity index (χ0n) is 14.7. The van der Waals surface area contributed by atoms with E-state index >= 15 is 0 Å². The van der Waals surface area contributed by atoms with Gasteiger partial charge in [0.15, 0.2) is 0 Å². The molecule has 0 heterocycles. The van der Waals surface area contributed by atoms with E-state index in [4.69, 9.17) is 10.5 Å². The van der Waals surface area contributed by atoms with Crippen molar-refractivity contribution in [1.29, 1.82) is 0 Å². The second-order valence-electron chi connectivity index (χ2n) is 6.61. The summed E-state index contributed by atoms with van der Waals surface area (Å²) in [6, 6.07) is -0.688. The second-order valence-corrected chi connectivity index (χ2v) is 6.61. The van der Waals surface area contributed by atoms with Crippen molar-refractivity contribution < 1.29 is 14.3 Å². The number of rotatable bonds is 13. The Morgan fingerprint density at radius 1 is 0.875 bits per heavy atom. The van der Waals surface area contributed by atoms with Gasteiger partial charge in [-0.3, -0.25) is 4.79 Å². The van der Waals surface area contributed by atoms with Crippen LogP contribution in [0.25, 0.3) is 0 Å². The fourth-order valence-corrected chi connectivity index (χ4v) is 2.42. The molecule has 0 saturated carbocycles. The van der Waals surface area contributed by atoms with Crippen molar-refractivity contribution in [2.45, 2.75) is 97.4 Å². The van der Waals surface area contributed by atoms with E-state index in [1.807, 2.05) is 13.8 Å². The Labute approximate surface area is 193 Å². The van der Waals surface area contributed by atoms with Crippen LogP contribution in [0.2, 0.25) is 0 Å². The molecule has 1 atom stereocenters. The van der Waals surface area contributed by atoms with Crippen molar-refractivity contribution in [2.24, 2.45) is 11.7 Å². The third-order valence-corrected chi connectivity index (χ3v) is 3.73.